The first-order valence-electron chi connectivity index (χ1n) is 8.01. The highest BCUT2D eigenvalue weighted by Gasteiger charge is 2.26. The summed E-state index contributed by atoms with van der Waals surface area (Å²) in [5, 5.41) is 23.1. The summed E-state index contributed by atoms with van der Waals surface area (Å²) in [6.45, 7) is 4.73. The van der Waals surface area contributed by atoms with E-state index in [9.17, 15) is 23.2 Å². The van der Waals surface area contributed by atoms with Gasteiger partial charge in [-0.3, -0.25) is 9.40 Å². The maximum Gasteiger partial charge on any atom is 0.268 e. The van der Waals surface area contributed by atoms with Gasteiger partial charge in [0.05, 0.1) is 28.9 Å². The van der Waals surface area contributed by atoms with Gasteiger partial charge in [-0.25, -0.2) is 8.42 Å². The molecular weight excluding hydrogens is 373 g/mol. The molecule has 0 radical (unpaired) electrons. The molecule has 3 rings (SSSR count). The van der Waals surface area contributed by atoms with Crippen molar-refractivity contribution in [3.8, 4) is 6.07 Å². The normalized spacial score (nSPS) is 12.3. The van der Waals surface area contributed by atoms with E-state index < -0.39 is 26.5 Å². The van der Waals surface area contributed by atoms with Crippen LogP contribution in [0.2, 0.25) is 0 Å². The summed E-state index contributed by atoms with van der Waals surface area (Å²) in [4.78, 5) is 2.24. The monoisotopic (exact) mass is 391 g/mol. The molecule has 0 aliphatic carbocycles. The maximum absolute atomic E-state index is 14.1. The SMILES string of the molecule is Cc1ccc(NS(=O)(=O)c2cn(CC(C)(C)O)nc2F)c2[nH]cc(C#N)c12. The van der Waals surface area contributed by atoms with E-state index in [1.807, 2.05) is 6.07 Å². The number of aromatic nitrogens is 3. The summed E-state index contributed by atoms with van der Waals surface area (Å²) < 4.78 is 42.8. The number of benzene rings is 1. The summed E-state index contributed by atoms with van der Waals surface area (Å²) in [7, 11) is -4.27. The van der Waals surface area contributed by atoms with Crippen LogP contribution in [0.4, 0.5) is 10.1 Å². The number of rotatable bonds is 5. The Morgan fingerprint density at radius 1 is 1.44 bits per heavy atom. The van der Waals surface area contributed by atoms with E-state index in [1.54, 1.807) is 13.0 Å². The summed E-state index contributed by atoms with van der Waals surface area (Å²) in [5.41, 5.74) is 0.613. The molecular formula is C17H18FN5O3S. The van der Waals surface area contributed by atoms with E-state index in [2.05, 4.69) is 14.8 Å². The van der Waals surface area contributed by atoms with Gasteiger partial charge in [-0.2, -0.15) is 9.65 Å². The third-order valence-corrected chi connectivity index (χ3v) is 5.27. The standard InChI is InChI=1S/C17H18FN5O3S/c1-10-4-5-12(15-14(10)11(6-19)7-20-15)22-27(25,26)13-8-23(21-16(13)18)9-17(2,3)24/h4-5,7-8,20,22,24H,9H2,1-3H3. The van der Waals surface area contributed by atoms with Crippen molar-refractivity contribution >= 4 is 26.6 Å². The highest BCUT2D eigenvalue weighted by molar-refractivity contribution is 7.92. The first-order chi connectivity index (χ1) is 12.5. The highest BCUT2D eigenvalue weighted by atomic mass is 32.2. The average molecular weight is 391 g/mol. The molecule has 1 aromatic carbocycles. The van der Waals surface area contributed by atoms with Crippen molar-refractivity contribution < 1.29 is 17.9 Å². The van der Waals surface area contributed by atoms with Crippen LogP contribution >= 0.6 is 0 Å². The quantitative estimate of drug-likeness (QED) is 0.615. The number of nitrogens with zero attached hydrogens (tertiary/aromatic N) is 3. The number of sulfonamides is 1. The summed E-state index contributed by atoms with van der Waals surface area (Å²) in [6.07, 6.45) is 2.51. The van der Waals surface area contributed by atoms with Crippen LogP contribution in [0.1, 0.15) is 25.0 Å². The molecule has 27 heavy (non-hydrogen) atoms. The molecule has 0 amide bonds. The van der Waals surface area contributed by atoms with Gasteiger partial charge in [-0.15, -0.1) is 5.10 Å². The number of nitrogens with one attached hydrogen (secondary N) is 2. The Morgan fingerprint density at radius 3 is 2.78 bits per heavy atom. The van der Waals surface area contributed by atoms with Crippen LogP contribution in [0.3, 0.4) is 0 Å². The zero-order valence-electron chi connectivity index (χ0n) is 14.9. The minimum absolute atomic E-state index is 0.0730. The molecule has 0 bridgehead atoms. The van der Waals surface area contributed by atoms with Gasteiger partial charge in [0.25, 0.3) is 16.0 Å². The topological polar surface area (TPSA) is 124 Å². The Labute approximate surface area is 155 Å². The van der Waals surface area contributed by atoms with Crippen molar-refractivity contribution in [1.82, 2.24) is 14.8 Å². The number of hydrogen-bond donors (Lipinski definition) is 3. The van der Waals surface area contributed by atoms with Gasteiger partial charge < -0.3 is 10.1 Å². The van der Waals surface area contributed by atoms with Gasteiger partial charge in [0, 0.05) is 17.8 Å². The Balaban J connectivity index is 2.01. The lowest BCUT2D eigenvalue weighted by Gasteiger charge is -2.16. The smallest absolute Gasteiger partial charge is 0.268 e. The Kier molecular flexibility index (Phi) is 4.45. The van der Waals surface area contributed by atoms with E-state index in [4.69, 9.17) is 0 Å². The highest BCUT2D eigenvalue weighted by Crippen LogP contribution is 2.30. The number of nitriles is 1. The molecule has 0 aliphatic heterocycles. The van der Waals surface area contributed by atoms with Gasteiger partial charge in [-0.05, 0) is 32.4 Å². The minimum Gasteiger partial charge on any atom is -0.389 e. The molecule has 2 heterocycles. The van der Waals surface area contributed by atoms with Crippen molar-refractivity contribution in [2.45, 2.75) is 37.8 Å². The summed E-state index contributed by atoms with van der Waals surface area (Å²) >= 11 is 0. The lowest BCUT2D eigenvalue weighted by molar-refractivity contribution is 0.0572. The summed E-state index contributed by atoms with van der Waals surface area (Å²) in [5.74, 6) is -1.17. The molecule has 8 nitrogen and oxygen atoms in total. The van der Waals surface area contributed by atoms with E-state index in [1.165, 1.54) is 26.1 Å². The van der Waals surface area contributed by atoms with Gasteiger partial charge in [0.2, 0.25) is 0 Å². The zero-order valence-corrected chi connectivity index (χ0v) is 15.7. The van der Waals surface area contributed by atoms with Crippen LogP contribution in [0.15, 0.2) is 29.4 Å². The maximum atomic E-state index is 14.1. The fourth-order valence-electron chi connectivity index (χ4n) is 2.83. The fraction of sp³-hybridized carbons (Fsp3) is 0.294. The Morgan fingerprint density at radius 2 is 2.15 bits per heavy atom. The van der Waals surface area contributed by atoms with E-state index in [-0.39, 0.29) is 12.2 Å². The molecule has 0 saturated heterocycles. The largest absolute Gasteiger partial charge is 0.389 e. The number of aliphatic hydroxyl groups is 1. The third kappa shape index (κ3) is 3.65. The van der Waals surface area contributed by atoms with Crippen molar-refractivity contribution in [2.24, 2.45) is 0 Å². The zero-order chi connectivity index (χ0) is 20.0. The number of fused-ring (bicyclic) bond motifs is 1. The Hall–Kier alpha value is -2.90. The van der Waals surface area contributed by atoms with Crippen molar-refractivity contribution in [3.05, 3.63) is 41.6 Å². The molecule has 0 unspecified atom stereocenters. The van der Waals surface area contributed by atoms with E-state index in [0.29, 0.717) is 16.5 Å². The molecule has 3 N–H and O–H groups in total. The lowest BCUT2D eigenvalue weighted by Crippen LogP contribution is -2.26. The number of hydrogen-bond acceptors (Lipinski definition) is 5. The number of aryl methyl sites for hydroxylation is 1. The molecule has 3 aromatic rings. The molecule has 0 saturated carbocycles. The van der Waals surface area contributed by atoms with Crippen LogP contribution < -0.4 is 4.72 Å². The minimum atomic E-state index is -4.27. The van der Waals surface area contributed by atoms with Gasteiger partial charge >= 0.3 is 0 Å². The van der Waals surface area contributed by atoms with Gasteiger partial charge in [0.1, 0.15) is 6.07 Å². The lowest BCUT2D eigenvalue weighted by atomic mass is 10.1. The van der Waals surface area contributed by atoms with Crippen molar-refractivity contribution in [1.29, 1.82) is 5.26 Å². The molecule has 0 aliphatic rings. The number of H-pyrrole nitrogens is 1. The first kappa shape index (κ1) is 18.9. The predicted molar refractivity (Wildman–Crippen MR) is 97.0 cm³/mol. The van der Waals surface area contributed by atoms with Crippen molar-refractivity contribution in [3.63, 3.8) is 0 Å². The second-order valence-electron chi connectivity index (χ2n) is 6.89. The second-order valence-corrected chi connectivity index (χ2v) is 8.54. The van der Waals surface area contributed by atoms with Gasteiger partial charge in [-0.1, -0.05) is 6.07 Å². The molecule has 0 atom stereocenters. The molecule has 0 spiro atoms. The van der Waals surface area contributed by atoms with E-state index in [0.717, 1.165) is 16.4 Å². The molecule has 10 heteroatoms. The second kappa shape index (κ2) is 6.37. The number of halogens is 1. The molecule has 142 valence electrons. The van der Waals surface area contributed by atoms with Crippen LogP contribution in [0, 0.1) is 24.2 Å². The van der Waals surface area contributed by atoms with Crippen LogP contribution in [0.25, 0.3) is 10.9 Å². The first-order valence-corrected chi connectivity index (χ1v) is 9.49. The van der Waals surface area contributed by atoms with Crippen molar-refractivity contribution in [2.75, 3.05) is 4.72 Å². The Bertz CT molecular complexity index is 1170. The number of aromatic amines is 1. The van der Waals surface area contributed by atoms with Crippen LogP contribution in [-0.2, 0) is 16.6 Å². The molecule has 2 aromatic heterocycles. The van der Waals surface area contributed by atoms with Crippen LogP contribution in [0.5, 0.6) is 0 Å². The fourth-order valence-corrected chi connectivity index (χ4v) is 3.92. The molecule has 0 fully saturated rings. The summed E-state index contributed by atoms with van der Waals surface area (Å²) in [6, 6.07) is 5.24. The number of anilines is 1. The average Bonchev–Trinajstić information content (AvgIpc) is 3.13. The van der Waals surface area contributed by atoms with Crippen LogP contribution in [-0.4, -0.2) is 33.9 Å². The predicted octanol–water partition coefficient (Wildman–Crippen LogP) is 2.26. The third-order valence-electron chi connectivity index (χ3n) is 3.93. The van der Waals surface area contributed by atoms with Gasteiger partial charge in [0.15, 0.2) is 4.90 Å². The van der Waals surface area contributed by atoms with E-state index >= 15 is 0 Å².